The monoisotopic (exact) mass is 459 g/mol. The van der Waals surface area contributed by atoms with Gasteiger partial charge in [0.15, 0.2) is 5.11 Å². The third-order valence-electron chi connectivity index (χ3n) is 5.61. The molecule has 0 saturated heterocycles. The lowest BCUT2D eigenvalue weighted by Crippen LogP contribution is -2.39. The molecule has 0 aliphatic rings. The van der Waals surface area contributed by atoms with Crippen LogP contribution >= 0.6 is 12.2 Å². The standard InChI is InChI=1S/C27H26FN3OS/c1-18-12-19(2)24-14-22(26(32)30-25(24)13-18)17-31(16-21-8-10-23(28)11-9-21)27(33)29-15-20-6-4-3-5-7-20/h3-14H,15-17H2,1-2H3,(H,29,33)(H,30,32). The van der Waals surface area contributed by atoms with Crippen LogP contribution in [0.4, 0.5) is 4.39 Å². The zero-order valence-corrected chi connectivity index (χ0v) is 19.5. The molecule has 0 aliphatic carbocycles. The van der Waals surface area contributed by atoms with E-state index in [-0.39, 0.29) is 11.4 Å². The van der Waals surface area contributed by atoms with Crippen LogP contribution < -0.4 is 10.9 Å². The molecule has 6 heteroatoms. The molecule has 2 N–H and O–H groups in total. The zero-order chi connectivity index (χ0) is 23.4. The Bertz CT molecular complexity index is 1330. The lowest BCUT2D eigenvalue weighted by molar-refractivity contribution is 0.397. The SMILES string of the molecule is Cc1cc(C)c2cc(CN(Cc3ccc(F)cc3)C(=S)NCc3ccccc3)c(=O)[nH]c2c1. The molecule has 168 valence electrons. The highest BCUT2D eigenvalue weighted by atomic mass is 32.1. The van der Waals surface area contributed by atoms with Gasteiger partial charge < -0.3 is 15.2 Å². The maximum Gasteiger partial charge on any atom is 0.253 e. The number of thiocarbonyl (C=S) groups is 1. The maximum atomic E-state index is 13.4. The molecule has 0 atom stereocenters. The van der Waals surface area contributed by atoms with Gasteiger partial charge in [0.05, 0.1) is 6.54 Å². The number of nitrogens with one attached hydrogen (secondary N) is 2. The van der Waals surface area contributed by atoms with E-state index in [1.165, 1.54) is 12.1 Å². The summed E-state index contributed by atoms with van der Waals surface area (Å²) in [4.78, 5) is 17.8. The van der Waals surface area contributed by atoms with Crippen LogP contribution in [0.2, 0.25) is 0 Å². The number of halogens is 1. The van der Waals surface area contributed by atoms with E-state index in [2.05, 4.69) is 16.4 Å². The smallest absolute Gasteiger partial charge is 0.253 e. The molecule has 0 amide bonds. The minimum absolute atomic E-state index is 0.137. The van der Waals surface area contributed by atoms with Crippen molar-refractivity contribution in [2.45, 2.75) is 33.5 Å². The summed E-state index contributed by atoms with van der Waals surface area (Å²) in [6, 6.07) is 22.4. The molecule has 4 nitrogen and oxygen atoms in total. The minimum atomic E-state index is -0.285. The molecular formula is C27H26FN3OS. The average molecular weight is 460 g/mol. The van der Waals surface area contributed by atoms with Gasteiger partial charge >= 0.3 is 0 Å². The summed E-state index contributed by atoms with van der Waals surface area (Å²) in [5.41, 5.74) is 5.55. The van der Waals surface area contributed by atoms with E-state index in [1.807, 2.05) is 61.2 Å². The van der Waals surface area contributed by atoms with E-state index in [9.17, 15) is 9.18 Å². The summed E-state index contributed by atoms with van der Waals surface area (Å²) in [6.45, 7) is 5.41. The molecule has 0 radical (unpaired) electrons. The number of hydrogen-bond acceptors (Lipinski definition) is 2. The van der Waals surface area contributed by atoms with E-state index in [0.29, 0.717) is 30.3 Å². The molecule has 0 unspecified atom stereocenters. The topological polar surface area (TPSA) is 48.1 Å². The Morgan fingerprint density at radius 1 is 0.970 bits per heavy atom. The molecule has 3 aromatic carbocycles. The van der Waals surface area contributed by atoms with Gasteiger partial charge in [0.25, 0.3) is 5.56 Å². The Kier molecular flexibility index (Phi) is 6.84. The van der Waals surface area contributed by atoms with E-state index >= 15 is 0 Å². The molecule has 4 aromatic rings. The molecule has 0 saturated carbocycles. The first kappa shape index (κ1) is 22.7. The summed E-state index contributed by atoms with van der Waals surface area (Å²) < 4.78 is 13.4. The van der Waals surface area contributed by atoms with Crippen molar-refractivity contribution in [3.63, 3.8) is 0 Å². The van der Waals surface area contributed by atoms with Crippen molar-refractivity contribution in [3.8, 4) is 0 Å². The largest absolute Gasteiger partial charge is 0.358 e. The molecule has 0 bridgehead atoms. The molecule has 1 heterocycles. The second kappa shape index (κ2) is 9.96. The van der Waals surface area contributed by atoms with Gasteiger partial charge in [-0.25, -0.2) is 4.39 Å². The fraction of sp³-hybridized carbons (Fsp3) is 0.185. The lowest BCUT2D eigenvalue weighted by Gasteiger charge is -2.26. The van der Waals surface area contributed by atoms with Crippen LogP contribution in [0.3, 0.4) is 0 Å². The lowest BCUT2D eigenvalue weighted by atomic mass is 10.0. The fourth-order valence-electron chi connectivity index (χ4n) is 3.93. The van der Waals surface area contributed by atoms with E-state index in [4.69, 9.17) is 12.2 Å². The zero-order valence-electron chi connectivity index (χ0n) is 18.7. The fourth-order valence-corrected chi connectivity index (χ4v) is 4.14. The van der Waals surface area contributed by atoms with Crippen LogP contribution in [0.25, 0.3) is 10.9 Å². The summed E-state index contributed by atoms with van der Waals surface area (Å²) in [5.74, 6) is -0.285. The molecule has 0 aliphatic heterocycles. The number of fused-ring (bicyclic) bond motifs is 1. The predicted octanol–water partition coefficient (Wildman–Crippen LogP) is 5.36. The van der Waals surface area contributed by atoms with E-state index in [0.717, 1.165) is 33.2 Å². The number of pyridine rings is 1. The molecule has 0 fully saturated rings. The van der Waals surface area contributed by atoms with Crippen LogP contribution in [0.1, 0.15) is 27.8 Å². The number of nitrogens with zero attached hydrogens (tertiary/aromatic N) is 1. The second-order valence-corrected chi connectivity index (χ2v) is 8.68. The van der Waals surface area contributed by atoms with Crippen molar-refractivity contribution >= 4 is 28.2 Å². The van der Waals surface area contributed by atoms with Gasteiger partial charge in [0.2, 0.25) is 0 Å². The summed E-state index contributed by atoms with van der Waals surface area (Å²) in [7, 11) is 0. The summed E-state index contributed by atoms with van der Waals surface area (Å²) in [5, 5.41) is 4.84. The van der Waals surface area contributed by atoms with Gasteiger partial charge in [-0.3, -0.25) is 4.79 Å². The summed E-state index contributed by atoms with van der Waals surface area (Å²) in [6.07, 6.45) is 0. The van der Waals surface area contributed by atoms with Gasteiger partial charge in [-0.1, -0.05) is 48.5 Å². The Balaban J connectivity index is 1.62. The van der Waals surface area contributed by atoms with Crippen molar-refractivity contribution in [2.75, 3.05) is 0 Å². The highest BCUT2D eigenvalue weighted by Gasteiger charge is 2.15. The van der Waals surface area contributed by atoms with Crippen molar-refractivity contribution in [1.82, 2.24) is 15.2 Å². The summed E-state index contributed by atoms with van der Waals surface area (Å²) >= 11 is 5.71. The molecule has 1 aromatic heterocycles. The van der Waals surface area contributed by atoms with Crippen molar-refractivity contribution < 1.29 is 4.39 Å². The molecular weight excluding hydrogens is 433 g/mol. The highest BCUT2D eigenvalue weighted by Crippen LogP contribution is 2.19. The van der Waals surface area contributed by atoms with Gasteiger partial charge in [0, 0.05) is 29.6 Å². The Labute approximate surface area is 198 Å². The van der Waals surface area contributed by atoms with Crippen molar-refractivity contribution in [2.24, 2.45) is 0 Å². The number of benzene rings is 3. The number of aromatic amines is 1. The normalized spacial score (nSPS) is 10.9. The number of aromatic nitrogens is 1. The van der Waals surface area contributed by atoms with Crippen LogP contribution in [0.5, 0.6) is 0 Å². The van der Waals surface area contributed by atoms with E-state index < -0.39 is 0 Å². The first-order valence-corrected chi connectivity index (χ1v) is 11.2. The third kappa shape index (κ3) is 5.65. The third-order valence-corrected chi connectivity index (χ3v) is 6.01. The second-order valence-electron chi connectivity index (χ2n) is 8.29. The molecule has 0 spiro atoms. The van der Waals surface area contributed by atoms with Gasteiger partial charge in [-0.05, 0) is 72.6 Å². The van der Waals surface area contributed by atoms with Gasteiger partial charge in [-0.15, -0.1) is 0 Å². The quantitative estimate of drug-likeness (QED) is 0.381. The molecule has 4 rings (SSSR count). The number of hydrogen-bond donors (Lipinski definition) is 2. The number of rotatable bonds is 6. The van der Waals surface area contributed by atoms with Crippen LogP contribution in [-0.2, 0) is 19.6 Å². The Hall–Kier alpha value is -3.51. The Morgan fingerprint density at radius 3 is 2.42 bits per heavy atom. The van der Waals surface area contributed by atoms with E-state index in [1.54, 1.807) is 12.1 Å². The first-order chi connectivity index (χ1) is 15.9. The average Bonchev–Trinajstić information content (AvgIpc) is 2.80. The van der Waals surface area contributed by atoms with Gasteiger partial charge in [0.1, 0.15) is 5.82 Å². The highest BCUT2D eigenvalue weighted by molar-refractivity contribution is 7.80. The van der Waals surface area contributed by atoms with Crippen LogP contribution in [0, 0.1) is 19.7 Å². The predicted molar refractivity (Wildman–Crippen MR) is 136 cm³/mol. The van der Waals surface area contributed by atoms with Crippen LogP contribution in [-0.4, -0.2) is 15.0 Å². The van der Waals surface area contributed by atoms with Crippen molar-refractivity contribution in [1.29, 1.82) is 0 Å². The number of aryl methyl sites for hydroxylation is 2. The minimum Gasteiger partial charge on any atom is -0.358 e. The number of H-pyrrole nitrogens is 1. The van der Waals surface area contributed by atoms with Crippen LogP contribution in [0.15, 0.2) is 77.6 Å². The molecule has 33 heavy (non-hydrogen) atoms. The first-order valence-electron chi connectivity index (χ1n) is 10.8. The Morgan fingerprint density at radius 2 is 1.70 bits per heavy atom. The van der Waals surface area contributed by atoms with Gasteiger partial charge in [-0.2, -0.15) is 0 Å². The van der Waals surface area contributed by atoms with Crippen molar-refractivity contribution in [3.05, 3.63) is 117 Å². The maximum absolute atomic E-state index is 13.4.